The van der Waals surface area contributed by atoms with E-state index in [9.17, 15) is 4.39 Å². The van der Waals surface area contributed by atoms with E-state index in [1.807, 2.05) is 0 Å². The zero-order valence-electron chi connectivity index (χ0n) is 7.57. The highest BCUT2D eigenvalue weighted by Crippen LogP contribution is 2.10. The molecule has 1 unspecified atom stereocenters. The minimum Gasteiger partial charge on any atom is -0.395 e. The fraction of sp³-hybridized carbons (Fsp3) is 0.300. The topological polar surface area (TPSA) is 70.0 Å². The molecule has 1 aromatic carbocycles. The van der Waals surface area contributed by atoms with Crippen LogP contribution in [0.2, 0.25) is 0 Å². The summed E-state index contributed by atoms with van der Waals surface area (Å²) >= 11 is 0. The molecule has 0 amide bonds. The molecule has 0 bridgehead atoms. The average molecular weight is 194 g/mol. The fourth-order valence-corrected chi connectivity index (χ4v) is 1.15. The fourth-order valence-electron chi connectivity index (χ4n) is 1.15. The van der Waals surface area contributed by atoms with Gasteiger partial charge in [0.1, 0.15) is 11.9 Å². The van der Waals surface area contributed by atoms with Crippen molar-refractivity contribution in [3.8, 4) is 6.07 Å². The summed E-state index contributed by atoms with van der Waals surface area (Å²) in [6, 6.07) is 5.62. The Balaban J connectivity index is 2.86. The standard InChI is InChI=1S/C10H11FN2O/c11-10-2-1-7(3-8(10)5-12)4-9(13)6-14/h1-3,9,14H,4,6,13H2. The van der Waals surface area contributed by atoms with Crippen LogP contribution in [0.5, 0.6) is 0 Å². The number of benzene rings is 1. The van der Waals surface area contributed by atoms with E-state index >= 15 is 0 Å². The first-order valence-electron chi connectivity index (χ1n) is 4.22. The maximum atomic E-state index is 12.9. The predicted molar refractivity (Wildman–Crippen MR) is 49.9 cm³/mol. The number of rotatable bonds is 3. The zero-order valence-corrected chi connectivity index (χ0v) is 7.57. The van der Waals surface area contributed by atoms with Gasteiger partial charge in [-0.3, -0.25) is 0 Å². The van der Waals surface area contributed by atoms with Crippen molar-refractivity contribution >= 4 is 0 Å². The van der Waals surface area contributed by atoms with Gasteiger partial charge in [-0.25, -0.2) is 4.39 Å². The van der Waals surface area contributed by atoms with Crippen molar-refractivity contribution in [2.45, 2.75) is 12.5 Å². The molecule has 3 N–H and O–H groups in total. The summed E-state index contributed by atoms with van der Waals surface area (Å²) in [5.74, 6) is -0.534. The molecular formula is C10H11FN2O. The molecule has 4 heteroatoms. The van der Waals surface area contributed by atoms with E-state index in [0.29, 0.717) is 6.42 Å². The summed E-state index contributed by atoms with van der Waals surface area (Å²) < 4.78 is 12.9. The highest BCUT2D eigenvalue weighted by molar-refractivity contribution is 5.34. The van der Waals surface area contributed by atoms with Gasteiger partial charge >= 0.3 is 0 Å². The summed E-state index contributed by atoms with van der Waals surface area (Å²) in [7, 11) is 0. The quantitative estimate of drug-likeness (QED) is 0.738. The molecule has 0 heterocycles. The summed E-state index contributed by atoms with van der Waals surface area (Å²) in [5.41, 5.74) is 6.27. The Morgan fingerprint density at radius 1 is 1.57 bits per heavy atom. The van der Waals surface area contributed by atoms with Crippen molar-refractivity contribution in [3.05, 3.63) is 35.1 Å². The van der Waals surface area contributed by atoms with Gasteiger partial charge in [0.05, 0.1) is 12.2 Å². The van der Waals surface area contributed by atoms with Crippen LogP contribution >= 0.6 is 0 Å². The van der Waals surface area contributed by atoms with Gasteiger partial charge in [0.2, 0.25) is 0 Å². The van der Waals surface area contributed by atoms with Crippen LogP contribution in [-0.2, 0) is 6.42 Å². The van der Waals surface area contributed by atoms with Crippen molar-refractivity contribution in [1.82, 2.24) is 0 Å². The number of hydrogen-bond acceptors (Lipinski definition) is 3. The number of nitrogens with zero attached hydrogens (tertiary/aromatic N) is 1. The van der Waals surface area contributed by atoms with E-state index in [2.05, 4.69) is 0 Å². The Kier molecular flexibility index (Phi) is 3.57. The molecule has 74 valence electrons. The van der Waals surface area contributed by atoms with Crippen molar-refractivity contribution in [2.24, 2.45) is 5.73 Å². The molecule has 1 aromatic rings. The van der Waals surface area contributed by atoms with Crippen molar-refractivity contribution in [3.63, 3.8) is 0 Å². The van der Waals surface area contributed by atoms with E-state index in [1.54, 1.807) is 12.1 Å². The minimum absolute atomic E-state index is 0.00707. The molecular weight excluding hydrogens is 183 g/mol. The number of aliphatic hydroxyl groups is 1. The molecule has 14 heavy (non-hydrogen) atoms. The van der Waals surface area contributed by atoms with Crippen LogP contribution in [0.1, 0.15) is 11.1 Å². The highest BCUT2D eigenvalue weighted by atomic mass is 19.1. The molecule has 0 aliphatic rings. The zero-order chi connectivity index (χ0) is 10.6. The second kappa shape index (κ2) is 4.70. The molecule has 0 aliphatic carbocycles. The van der Waals surface area contributed by atoms with Crippen molar-refractivity contribution < 1.29 is 9.50 Å². The summed E-state index contributed by atoms with van der Waals surface area (Å²) in [6.45, 7) is -0.126. The van der Waals surface area contributed by atoms with Gasteiger partial charge < -0.3 is 10.8 Å². The first-order chi connectivity index (χ1) is 6.67. The van der Waals surface area contributed by atoms with Gasteiger partial charge in [0.25, 0.3) is 0 Å². The van der Waals surface area contributed by atoms with Gasteiger partial charge in [-0.15, -0.1) is 0 Å². The maximum absolute atomic E-state index is 12.9. The van der Waals surface area contributed by atoms with Gasteiger partial charge in [-0.1, -0.05) is 6.07 Å². The van der Waals surface area contributed by atoms with Crippen LogP contribution < -0.4 is 5.73 Å². The molecule has 0 fully saturated rings. The van der Waals surface area contributed by atoms with E-state index in [1.165, 1.54) is 12.1 Å². The number of hydrogen-bond donors (Lipinski definition) is 2. The molecule has 0 radical (unpaired) electrons. The SMILES string of the molecule is N#Cc1cc(CC(N)CO)ccc1F. The lowest BCUT2D eigenvalue weighted by molar-refractivity contribution is 0.265. The van der Waals surface area contributed by atoms with Crippen LogP contribution in [0.3, 0.4) is 0 Å². The lowest BCUT2D eigenvalue weighted by atomic mass is 10.0. The number of aliphatic hydroxyl groups excluding tert-OH is 1. The summed E-state index contributed by atoms with van der Waals surface area (Å²) in [5, 5.41) is 17.3. The van der Waals surface area contributed by atoms with Gasteiger partial charge in [0.15, 0.2) is 0 Å². The predicted octanol–water partition coefficient (Wildman–Crippen LogP) is 0.559. The van der Waals surface area contributed by atoms with Crippen molar-refractivity contribution in [1.29, 1.82) is 5.26 Å². The second-order valence-electron chi connectivity index (χ2n) is 3.07. The van der Waals surface area contributed by atoms with E-state index in [4.69, 9.17) is 16.1 Å². The van der Waals surface area contributed by atoms with Gasteiger partial charge in [-0.05, 0) is 24.1 Å². The normalized spacial score (nSPS) is 12.1. The average Bonchev–Trinajstić information content (AvgIpc) is 2.20. The third kappa shape index (κ3) is 2.52. The molecule has 3 nitrogen and oxygen atoms in total. The Bertz CT molecular complexity index is 360. The molecule has 0 saturated heterocycles. The smallest absolute Gasteiger partial charge is 0.140 e. The highest BCUT2D eigenvalue weighted by Gasteiger charge is 2.06. The van der Waals surface area contributed by atoms with Crippen LogP contribution in [0, 0.1) is 17.1 Å². The number of halogens is 1. The van der Waals surface area contributed by atoms with E-state index in [0.717, 1.165) is 5.56 Å². The van der Waals surface area contributed by atoms with E-state index < -0.39 is 5.82 Å². The molecule has 0 spiro atoms. The third-order valence-corrected chi connectivity index (χ3v) is 1.88. The molecule has 1 atom stereocenters. The monoisotopic (exact) mass is 194 g/mol. The first-order valence-corrected chi connectivity index (χ1v) is 4.22. The van der Waals surface area contributed by atoms with Crippen LogP contribution in [-0.4, -0.2) is 17.8 Å². The lowest BCUT2D eigenvalue weighted by Crippen LogP contribution is -2.26. The lowest BCUT2D eigenvalue weighted by Gasteiger charge is -2.07. The van der Waals surface area contributed by atoms with E-state index in [-0.39, 0.29) is 18.2 Å². The molecule has 0 aliphatic heterocycles. The maximum Gasteiger partial charge on any atom is 0.140 e. The summed E-state index contributed by atoms with van der Waals surface area (Å²) in [4.78, 5) is 0. The Morgan fingerprint density at radius 3 is 2.86 bits per heavy atom. The number of nitrogens with two attached hydrogens (primary N) is 1. The second-order valence-corrected chi connectivity index (χ2v) is 3.07. The Hall–Kier alpha value is -1.44. The molecule has 1 rings (SSSR count). The van der Waals surface area contributed by atoms with Crippen molar-refractivity contribution in [2.75, 3.05) is 6.61 Å². The Morgan fingerprint density at radius 2 is 2.29 bits per heavy atom. The molecule has 0 aromatic heterocycles. The summed E-state index contributed by atoms with van der Waals surface area (Å²) in [6.07, 6.45) is 0.436. The third-order valence-electron chi connectivity index (χ3n) is 1.88. The van der Waals surface area contributed by atoms with Crippen LogP contribution in [0.4, 0.5) is 4.39 Å². The van der Waals surface area contributed by atoms with Crippen LogP contribution in [0.15, 0.2) is 18.2 Å². The van der Waals surface area contributed by atoms with Gasteiger partial charge in [-0.2, -0.15) is 5.26 Å². The van der Waals surface area contributed by atoms with Gasteiger partial charge in [0, 0.05) is 6.04 Å². The minimum atomic E-state index is -0.534. The number of nitriles is 1. The molecule has 0 saturated carbocycles. The van der Waals surface area contributed by atoms with Crippen LogP contribution in [0.25, 0.3) is 0 Å². The first kappa shape index (κ1) is 10.6. The largest absolute Gasteiger partial charge is 0.395 e. The Labute approximate surface area is 81.6 Å².